The first-order chi connectivity index (χ1) is 12.6. The molecule has 1 aliphatic rings. The van der Waals surface area contributed by atoms with Crippen LogP contribution in [0.3, 0.4) is 0 Å². The molecule has 1 saturated heterocycles. The maximum Gasteiger partial charge on any atom is 0.182 e. The molecule has 2 aromatic rings. The first-order valence-electron chi connectivity index (χ1n) is 9.12. The summed E-state index contributed by atoms with van der Waals surface area (Å²) in [7, 11) is -3.43. The van der Waals surface area contributed by atoms with E-state index in [9.17, 15) is 8.42 Å². The van der Waals surface area contributed by atoms with Gasteiger partial charge in [-0.2, -0.15) is 0 Å². The van der Waals surface area contributed by atoms with Gasteiger partial charge in [-0.05, 0) is 55.8 Å². The van der Waals surface area contributed by atoms with Gasteiger partial charge < -0.3 is 16.0 Å². The molecular formula is C20H27N3O2S. The highest BCUT2D eigenvalue weighted by atomic mass is 32.2. The summed E-state index contributed by atoms with van der Waals surface area (Å²) in [6, 6.07) is 16.3. The monoisotopic (exact) mass is 373 g/mol. The normalized spacial score (nSPS) is 17.5. The molecule has 3 rings (SSSR count). The topological polar surface area (TPSA) is 75.4 Å². The van der Waals surface area contributed by atoms with Crippen LogP contribution in [0, 0.1) is 0 Å². The van der Waals surface area contributed by atoms with Crippen LogP contribution in [-0.2, 0) is 16.3 Å². The van der Waals surface area contributed by atoms with Crippen LogP contribution in [0.5, 0.6) is 0 Å². The summed E-state index contributed by atoms with van der Waals surface area (Å²) >= 11 is 0. The summed E-state index contributed by atoms with van der Waals surface area (Å²) in [5.41, 5.74) is 7.52. The summed E-state index contributed by atoms with van der Waals surface area (Å²) in [6.07, 6.45) is 1.50. The SMILES string of the molecule is Nc1cccc(CC(CN2CCCNCC2)S(=O)(=O)c2ccccc2)c1. The van der Waals surface area contributed by atoms with Crippen molar-refractivity contribution in [1.29, 1.82) is 0 Å². The number of hydrogen-bond acceptors (Lipinski definition) is 5. The maximum absolute atomic E-state index is 13.3. The molecule has 0 aromatic heterocycles. The quantitative estimate of drug-likeness (QED) is 0.757. The van der Waals surface area contributed by atoms with Crippen LogP contribution < -0.4 is 11.1 Å². The van der Waals surface area contributed by atoms with E-state index >= 15 is 0 Å². The zero-order chi connectivity index (χ0) is 18.4. The maximum atomic E-state index is 13.3. The second-order valence-electron chi connectivity index (χ2n) is 6.83. The number of nitrogens with two attached hydrogens (primary N) is 1. The van der Waals surface area contributed by atoms with Crippen LogP contribution in [0.1, 0.15) is 12.0 Å². The Balaban J connectivity index is 1.87. The van der Waals surface area contributed by atoms with Gasteiger partial charge in [-0.25, -0.2) is 8.42 Å². The van der Waals surface area contributed by atoms with Crippen LogP contribution >= 0.6 is 0 Å². The highest BCUT2D eigenvalue weighted by molar-refractivity contribution is 7.92. The molecule has 0 amide bonds. The Kier molecular flexibility index (Phi) is 6.29. The fraction of sp³-hybridized carbons (Fsp3) is 0.400. The second-order valence-corrected chi connectivity index (χ2v) is 9.06. The molecule has 3 N–H and O–H groups in total. The Morgan fingerprint density at radius 2 is 1.85 bits per heavy atom. The molecule has 140 valence electrons. The number of sulfone groups is 1. The molecule has 5 nitrogen and oxygen atoms in total. The number of nitrogens with one attached hydrogen (secondary N) is 1. The fourth-order valence-corrected chi connectivity index (χ4v) is 5.17. The lowest BCUT2D eigenvalue weighted by Crippen LogP contribution is -2.40. The van der Waals surface area contributed by atoms with E-state index in [1.54, 1.807) is 24.3 Å². The van der Waals surface area contributed by atoms with Crippen molar-refractivity contribution in [2.45, 2.75) is 23.0 Å². The van der Waals surface area contributed by atoms with Gasteiger partial charge in [-0.3, -0.25) is 0 Å². The number of nitrogens with zero attached hydrogens (tertiary/aromatic N) is 1. The van der Waals surface area contributed by atoms with Crippen molar-refractivity contribution in [3.63, 3.8) is 0 Å². The average molecular weight is 374 g/mol. The van der Waals surface area contributed by atoms with Gasteiger partial charge in [0.2, 0.25) is 0 Å². The van der Waals surface area contributed by atoms with Gasteiger partial charge in [0.15, 0.2) is 9.84 Å². The summed E-state index contributed by atoms with van der Waals surface area (Å²) in [5, 5.41) is 2.87. The molecule has 0 saturated carbocycles. The summed E-state index contributed by atoms with van der Waals surface area (Å²) in [6.45, 7) is 4.22. The van der Waals surface area contributed by atoms with E-state index in [2.05, 4.69) is 10.2 Å². The number of rotatable bonds is 6. The van der Waals surface area contributed by atoms with Gasteiger partial charge in [-0.1, -0.05) is 30.3 Å². The van der Waals surface area contributed by atoms with E-state index in [1.807, 2.05) is 30.3 Å². The van der Waals surface area contributed by atoms with Crippen LogP contribution in [0.2, 0.25) is 0 Å². The number of anilines is 1. The van der Waals surface area contributed by atoms with Crippen LogP contribution in [0.25, 0.3) is 0 Å². The van der Waals surface area contributed by atoms with Crippen molar-refractivity contribution in [2.75, 3.05) is 38.5 Å². The van der Waals surface area contributed by atoms with Crippen molar-refractivity contribution in [3.8, 4) is 0 Å². The fourth-order valence-electron chi connectivity index (χ4n) is 3.43. The molecule has 1 heterocycles. The van der Waals surface area contributed by atoms with Gasteiger partial charge in [0.05, 0.1) is 10.1 Å². The van der Waals surface area contributed by atoms with Crippen molar-refractivity contribution >= 4 is 15.5 Å². The molecule has 0 bridgehead atoms. The zero-order valence-electron chi connectivity index (χ0n) is 15.0. The molecule has 1 fully saturated rings. The number of nitrogen functional groups attached to an aromatic ring is 1. The average Bonchev–Trinajstić information content (AvgIpc) is 2.91. The van der Waals surface area contributed by atoms with Crippen molar-refractivity contribution in [3.05, 3.63) is 60.2 Å². The first kappa shape index (κ1) is 18.9. The largest absolute Gasteiger partial charge is 0.399 e. The van der Waals surface area contributed by atoms with Crippen molar-refractivity contribution in [2.24, 2.45) is 0 Å². The van der Waals surface area contributed by atoms with E-state index < -0.39 is 15.1 Å². The number of benzene rings is 2. The third-order valence-electron chi connectivity index (χ3n) is 4.82. The molecule has 26 heavy (non-hydrogen) atoms. The minimum Gasteiger partial charge on any atom is -0.399 e. The minimum atomic E-state index is -3.43. The van der Waals surface area contributed by atoms with Gasteiger partial charge in [0.1, 0.15) is 0 Å². The molecule has 1 aliphatic heterocycles. The molecule has 0 radical (unpaired) electrons. The van der Waals surface area contributed by atoms with E-state index in [0.29, 0.717) is 23.5 Å². The third kappa shape index (κ3) is 4.84. The minimum absolute atomic E-state index is 0.391. The number of hydrogen-bond donors (Lipinski definition) is 2. The molecular weight excluding hydrogens is 346 g/mol. The standard InChI is InChI=1S/C20H27N3O2S/c21-18-7-4-6-17(14-18)15-20(16-23-12-5-10-22-11-13-23)26(24,25)19-8-2-1-3-9-19/h1-4,6-9,14,20,22H,5,10-13,15-16,21H2. The first-order valence-corrected chi connectivity index (χ1v) is 10.7. The van der Waals surface area contributed by atoms with Crippen molar-refractivity contribution < 1.29 is 8.42 Å². The van der Waals surface area contributed by atoms with Gasteiger partial charge in [0, 0.05) is 25.3 Å². The van der Waals surface area contributed by atoms with Gasteiger partial charge >= 0.3 is 0 Å². The predicted octanol–water partition coefficient (Wildman–Crippen LogP) is 1.95. The van der Waals surface area contributed by atoms with E-state index in [4.69, 9.17) is 5.73 Å². The van der Waals surface area contributed by atoms with E-state index in [1.165, 1.54) is 0 Å². The van der Waals surface area contributed by atoms with E-state index in [0.717, 1.165) is 38.2 Å². The van der Waals surface area contributed by atoms with Crippen molar-refractivity contribution in [1.82, 2.24) is 10.2 Å². The molecule has 6 heteroatoms. The van der Waals surface area contributed by atoms with Crippen LogP contribution in [0.4, 0.5) is 5.69 Å². The smallest absolute Gasteiger partial charge is 0.182 e. The van der Waals surface area contributed by atoms with Crippen LogP contribution in [0.15, 0.2) is 59.5 Å². The molecule has 1 atom stereocenters. The zero-order valence-corrected chi connectivity index (χ0v) is 15.8. The van der Waals surface area contributed by atoms with Gasteiger partial charge in [-0.15, -0.1) is 0 Å². The molecule has 2 aromatic carbocycles. The highest BCUT2D eigenvalue weighted by Crippen LogP contribution is 2.21. The Labute approximate surface area is 156 Å². The van der Waals surface area contributed by atoms with Gasteiger partial charge in [0.25, 0.3) is 0 Å². The third-order valence-corrected chi connectivity index (χ3v) is 6.94. The Morgan fingerprint density at radius 1 is 1.04 bits per heavy atom. The lowest BCUT2D eigenvalue weighted by Gasteiger charge is -2.26. The Morgan fingerprint density at radius 3 is 2.62 bits per heavy atom. The predicted molar refractivity (Wildman–Crippen MR) is 106 cm³/mol. The Bertz CT molecular complexity index is 801. The summed E-state index contributed by atoms with van der Waals surface area (Å²) in [4.78, 5) is 2.65. The second kappa shape index (κ2) is 8.66. The molecule has 1 unspecified atom stereocenters. The van der Waals surface area contributed by atoms with E-state index in [-0.39, 0.29) is 0 Å². The summed E-state index contributed by atoms with van der Waals surface area (Å²) in [5.74, 6) is 0. The van der Waals surface area contributed by atoms with Crippen LogP contribution in [-0.4, -0.2) is 51.3 Å². The Hall–Kier alpha value is -1.89. The lowest BCUT2D eigenvalue weighted by atomic mass is 10.1. The highest BCUT2D eigenvalue weighted by Gasteiger charge is 2.29. The lowest BCUT2D eigenvalue weighted by molar-refractivity contribution is 0.289. The molecule has 0 spiro atoms. The summed E-state index contributed by atoms with van der Waals surface area (Å²) < 4.78 is 26.6. The molecule has 0 aliphatic carbocycles.